The summed E-state index contributed by atoms with van der Waals surface area (Å²) in [5, 5.41) is 8.89. The zero-order valence-corrected chi connectivity index (χ0v) is 27.8. The van der Waals surface area contributed by atoms with Crippen molar-refractivity contribution in [2.75, 3.05) is 9.80 Å². The van der Waals surface area contributed by atoms with Gasteiger partial charge in [0.05, 0.1) is 11.4 Å². The average molecular weight is 637 g/mol. The van der Waals surface area contributed by atoms with E-state index in [-0.39, 0.29) is 5.41 Å². The third kappa shape index (κ3) is 4.53. The molecule has 238 valence electrons. The Balaban J connectivity index is 1.01. The van der Waals surface area contributed by atoms with Crippen molar-refractivity contribution in [2.45, 2.75) is 38.5 Å². The van der Waals surface area contributed by atoms with E-state index in [1.807, 2.05) is 0 Å². The molecule has 5 nitrogen and oxygen atoms in total. The van der Waals surface area contributed by atoms with Crippen LogP contribution in [0.3, 0.4) is 0 Å². The third-order valence-corrected chi connectivity index (χ3v) is 10.6. The van der Waals surface area contributed by atoms with Gasteiger partial charge >= 0.3 is 0 Å². The predicted octanol–water partition coefficient (Wildman–Crippen LogP) is 11.8. The lowest BCUT2D eigenvalue weighted by Crippen LogP contribution is -2.32. The Labute approximate surface area is 287 Å². The molecule has 0 aliphatic carbocycles. The first-order valence-corrected chi connectivity index (χ1v) is 17.1. The summed E-state index contributed by atoms with van der Waals surface area (Å²) in [4.78, 5) is 4.71. The highest BCUT2D eigenvalue weighted by Gasteiger charge is 2.38. The fourth-order valence-electron chi connectivity index (χ4n) is 7.86. The van der Waals surface area contributed by atoms with Crippen LogP contribution < -0.4 is 9.80 Å². The van der Waals surface area contributed by atoms with Crippen LogP contribution in [0.15, 0.2) is 150 Å². The minimum Gasteiger partial charge on any atom is -0.416 e. The Morgan fingerprint density at radius 2 is 0.918 bits per heavy atom. The standard InChI is InChI=1S/C44H36N4O/c1-4-44(3)36-15-7-11-19-40(36)48(41-20-12-8-16-37(41)44)33-27-23-31(24-28-33)43-46-45-42(49-43)30-21-25-32(26-22-30)47-38-17-9-5-13-34(38)29(2)35-14-6-10-18-39(35)47/h5-29H,4H2,1-3H3. The molecule has 0 atom stereocenters. The molecule has 0 spiro atoms. The quantitative estimate of drug-likeness (QED) is 0.188. The summed E-state index contributed by atoms with van der Waals surface area (Å²) in [6.45, 7) is 6.92. The van der Waals surface area contributed by atoms with Crippen LogP contribution in [-0.4, -0.2) is 10.2 Å². The molecule has 0 bridgehead atoms. The van der Waals surface area contributed by atoms with E-state index in [1.54, 1.807) is 0 Å². The van der Waals surface area contributed by atoms with E-state index in [2.05, 4.69) is 186 Å². The predicted molar refractivity (Wildman–Crippen MR) is 199 cm³/mol. The topological polar surface area (TPSA) is 45.4 Å². The number of benzene rings is 6. The van der Waals surface area contributed by atoms with Crippen LogP contribution in [0, 0.1) is 0 Å². The second-order valence-electron chi connectivity index (χ2n) is 13.2. The van der Waals surface area contributed by atoms with Crippen LogP contribution in [0.5, 0.6) is 0 Å². The van der Waals surface area contributed by atoms with E-state index >= 15 is 0 Å². The number of rotatable bonds is 5. The van der Waals surface area contributed by atoms with Gasteiger partial charge in [0.2, 0.25) is 11.8 Å². The maximum absolute atomic E-state index is 6.26. The molecule has 0 amide bonds. The molecule has 7 aromatic rings. The Morgan fingerprint density at radius 3 is 1.37 bits per heavy atom. The van der Waals surface area contributed by atoms with Gasteiger partial charge in [-0.1, -0.05) is 93.6 Å². The summed E-state index contributed by atoms with van der Waals surface area (Å²) >= 11 is 0. The molecular formula is C44H36N4O. The molecule has 0 fully saturated rings. The van der Waals surface area contributed by atoms with Crippen molar-refractivity contribution in [2.24, 2.45) is 0 Å². The maximum atomic E-state index is 6.26. The largest absolute Gasteiger partial charge is 0.416 e. The van der Waals surface area contributed by atoms with E-state index in [1.165, 1.54) is 45.0 Å². The second kappa shape index (κ2) is 11.3. The normalized spacial score (nSPS) is 14.5. The minimum atomic E-state index is -0.0523. The monoisotopic (exact) mass is 636 g/mol. The molecule has 1 aromatic heterocycles. The molecular weight excluding hydrogens is 601 g/mol. The molecule has 5 heteroatoms. The van der Waals surface area contributed by atoms with Gasteiger partial charge in [-0.15, -0.1) is 10.2 Å². The molecule has 0 saturated heterocycles. The summed E-state index contributed by atoms with van der Waals surface area (Å²) in [6, 6.07) is 51.7. The van der Waals surface area contributed by atoms with Crippen LogP contribution in [0.4, 0.5) is 34.1 Å². The molecule has 0 saturated carbocycles. The van der Waals surface area contributed by atoms with Crippen LogP contribution in [0.1, 0.15) is 55.4 Å². The van der Waals surface area contributed by atoms with Crippen LogP contribution in [-0.2, 0) is 5.41 Å². The highest BCUT2D eigenvalue weighted by Crippen LogP contribution is 2.53. The van der Waals surface area contributed by atoms with E-state index in [4.69, 9.17) is 4.42 Å². The van der Waals surface area contributed by atoms with E-state index < -0.39 is 0 Å². The number of nitrogens with zero attached hydrogens (tertiary/aromatic N) is 4. The second-order valence-corrected chi connectivity index (χ2v) is 13.2. The first-order chi connectivity index (χ1) is 24.0. The highest BCUT2D eigenvalue weighted by molar-refractivity contribution is 5.87. The van der Waals surface area contributed by atoms with Gasteiger partial charge in [-0.25, -0.2) is 0 Å². The molecule has 0 radical (unpaired) electrons. The van der Waals surface area contributed by atoms with Crippen molar-refractivity contribution in [3.8, 4) is 22.9 Å². The van der Waals surface area contributed by atoms with Gasteiger partial charge in [-0.2, -0.15) is 0 Å². The first kappa shape index (κ1) is 29.2. The lowest BCUT2D eigenvalue weighted by Gasteiger charge is -2.43. The Bertz CT molecular complexity index is 2230. The van der Waals surface area contributed by atoms with Gasteiger partial charge in [0.25, 0.3) is 0 Å². The molecule has 6 aromatic carbocycles. The number of hydrogen-bond donors (Lipinski definition) is 0. The maximum Gasteiger partial charge on any atom is 0.248 e. The number of anilines is 6. The Kier molecular flexibility index (Phi) is 6.76. The summed E-state index contributed by atoms with van der Waals surface area (Å²) in [5.41, 5.74) is 14.1. The lowest BCUT2D eigenvalue weighted by molar-refractivity contribution is 0.544. The fraction of sp³-hybridized carbons (Fsp3) is 0.136. The fourth-order valence-corrected chi connectivity index (χ4v) is 7.86. The molecule has 2 aliphatic rings. The number of hydrogen-bond acceptors (Lipinski definition) is 5. The van der Waals surface area contributed by atoms with Crippen molar-refractivity contribution >= 4 is 34.1 Å². The van der Waals surface area contributed by atoms with Gasteiger partial charge in [0.1, 0.15) is 0 Å². The summed E-state index contributed by atoms with van der Waals surface area (Å²) in [6.07, 6.45) is 1.02. The summed E-state index contributed by atoms with van der Waals surface area (Å²) in [5.74, 6) is 1.32. The molecule has 9 rings (SSSR count). The van der Waals surface area contributed by atoms with Crippen molar-refractivity contribution in [1.29, 1.82) is 0 Å². The Hall–Kier alpha value is -5.94. The van der Waals surface area contributed by atoms with E-state index in [0.29, 0.717) is 17.7 Å². The van der Waals surface area contributed by atoms with Crippen molar-refractivity contribution in [3.63, 3.8) is 0 Å². The average Bonchev–Trinajstić information content (AvgIpc) is 3.66. The van der Waals surface area contributed by atoms with Gasteiger partial charge < -0.3 is 14.2 Å². The number of para-hydroxylation sites is 4. The smallest absolute Gasteiger partial charge is 0.248 e. The van der Waals surface area contributed by atoms with E-state index in [0.717, 1.165) is 28.9 Å². The van der Waals surface area contributed by atoms with Gasteiger partial charge in [-0.05, 0) is 101 Å². The zero-order valence-electron chi connectivity index (χ0n) is 27.8. The van der Waals surface area contributed by atoms with Crippen LogP contribution in [0.2, 0.25) is 0 Å². The van der Waals surface area contributed by atoms with Crippen molar-refractivity contribution in [1.82, 2.24) is 10.2 Å². The van der Waals surface area contributed by atoms with Gasteiger partial charge in [0, 0.05) is 45.2 Å². The van der Waals surface area contributed by atoms with Gasteiger partial charge in [0.15, 0.2) is 0 Å². The lowest BCUT2D eigenvalue weighted by atomic mass is 9.70. The molecule has 3 heterocycles. The zero-order chi connectivity index (χ0) is 33.1. The van der Waals surface area contributed by atoms with Crippen LogP contribution >= 0.6 is 0 Å². The molecule has 0 unspecified atom stereocenters. The van der Waals surface area contributed by atoms with Gasteiger partial charge in [-0.3, -0.25) is 0 Å². The summed E-state index contributed by atoms with van der Waals surface area (Å²) < 4.78 is 6.26. The first-order valence-electron chi connectivity index (χ1n) is 17.1. The highest BCUT2D eigenvalue weighted by atomic mass is 16.4. The van der Waals surface area contributed by atoms with Crippen molar-refractivity contribution < 1.29 is 4.42 Å². The van der Waals surface area contributed by atoms with E-state index in [9.17, 15) is 0 Å². The molecule has 49 heavy (non-hydrogen) atoms. The molecule has 0 N–H and O–H groups in total. The Morgan fingerprint density at radius 1 is 0.531 bits per heavy atom. The SMILES string of the molecule is CCC1(C)c2ccccc2N(c2ccc(-c3nnc(-c4ccc(N5c6ccccc6C(C)c6ccccc65)cc4)o3)cc2)c2ccccc21. The van der Waals surface area contributed by atoms with Crippen LogP contribution in [0.25, 0.3) is 22.9 Å². The minimum absolute atomic E-state index is 0.0523. The molecule has 2 aliphatic heterocycles. The number of aromatic nitrogens is 2. The number of fused-ring (bicyclic) bond motifs is 4. The third-order valence-electron chi connectivity index (χ3n) is 10.6. The summed E-state index contributed by atoms with van der Waals surface area (Å²) in [7, 11) is 0. The van der Waals surface area contributed by atoms with Crippen molar-refractivity contribution in [3.05, 3.63) is 168 Å².